The third-order valence-corrected chi connectivity index (χ3v) is 4.10. The molecule has 0 fully saturated rings. The van der Waals surface area contributed by atoms with E-state index in [1.807, 2.05) is 18.0 Å². The molecular formula is C14H18FN3OS. The Hall–Kier alpha value is -1.50. The van der Waals surface area contributed by atoms with Gasteiger partial charge in [-0.05, 0) is 17.7 Å². The molecule has 0 aliphatic heterocycles. The van der Waals surface area contributed by atoms with Crippen LogP contribution in [-0.4, -0.2) is 19.1 Å². The number of hydrogen-bond donors (Lipinski definition) is 1. The molecule has 0 saturated carbocycles. The van der Waals surface area contributed by atoms with E-state index in [0.29, 0.717) is 19.7 Å². The van der Waals surface area contributed by atoms with Crippen molar-refractivity contribution in [1.82, 2.24) is 4.98 Å². The lowest BCUT2D eigenvalue weighted by atomic mass is 10.2. The first kappa shape index (κ1) is 14.9. The second kappa shape index (κ2) is 6.78. The Morgan fingerprint density at radius 3 is 2.90 bits per heavy atom. The van der Waals surface area contributed by atoms with E-state index in [4.69, 9.17) is 10.5 Å². The molecule has 20 heavy (non-hydrogen) atoms. The van der Waals surface area contributed by atoms with Gasteiger partial charge in [-0.1, -0.05) is 12.1 Å². The Balaban J connectivity index is 2.14. The summed E-state index contributed by atoms with van der Waals surface area (Å²) in [4.78, 5) is 7.54. The molecule has 1 aromatic heterocycles. The van der Waals surface area contributed by atoms with Gasteiger partial charge in [-0.15, -0.1) is 11.3 Å². The van der Waals surface area contributed by atoms with E-state index < -0.39 is 0 Å². The minimum Gasteiger partial charge on any atom is -0.378 e. The maximum Gasteiger partial charge on any atom is 0.185 e. The van der Waals surface area contributed by atoms with Crippen LogP contribution in [0.3, 0.4) is 0 Å². The highest BCUT2D eigenvalue weighted by Gasteiger charge is 2.13. The number of hydrogen-bond acceptors (Lipinski definition) is 5. The maximum absolute atomic E-state index is 13.2. The van der Waals surface area contributed by atoms with Gasteiger partial charge < -0.3 is 15.4 Å². The fourth-order valence-corrected chi connectivity index (χ4v) is 2.82. The van der Waals surface area contributed by atoms with Gasteiger partial charge in [-0.2, -0.15) is 0 Å². The van der Waals surface area contributed by atoms with Crippen molar-refractivity contribution in [3.8, 4) is 0 Å². The number of ether oxygens (including phenoxy) is 1. The van der Waals surface area contributed by atoms with Gasteiger partial charge in [0.15, 0.2) is 5.13 Å². The zero-order chi connectivity index (χ0) is 14.5. The van der Waals surface area contributed by atoms with Gasteiger partial charge in [-0.3, -0.25) is 0 Å². The first-order valence-electron chi connectivity index (χ1n) is 6.27. The number of benzene rings is 1. The molecule has 0 unspecified atom stereocenters. The molecule has 108 valence electrons. The van der Waals surface area contributed by atoms with Gasteiger partial charge in [0.25, 0.3) is 0 Å². The second-order valence-electron chi connectivity index (χ2n) is 4.49. The molecule has 1 heterocycles. The van der Waals surface area contributed by atoms with Crippen molar-refractivity contribution >= 4 is 16.5 Å². The molecule has 2 aromatic rings. The summed E-state index contributed by atoms with van der Waals surface area (Å²) in [5, 5.41) is 0.863. The zero-order valence-corrected chi connectivity index (χ0v) is 12.4. The van der Waals surface area contributed by atoms with Gasteiger partial charge in [0, 0.05) is 32.1 Å². The molecule has 2 N–H and O–H groups in total. The molecule has 0 atom stereocenters. The van der Waals surface area contributed by atoms with E-state index in [1.54, 1.807) is 24.5 Å². The van der Waals surface area contributed by atoms with E-state index in [9.17, 15) is 4.39 Å². The molecule has 2 rings (SSSR count). The lowest BCUT2D eigenvalue weighted by molar-refractivity contribution is 0.181. The number of thiazole rings is 1. The molecule has 0 aliphatic rings. The van der Waals surface area contributed by atoms with Crippen molar-refractivity contribution in [2.45, 2.75) is 19.7 Å². The van der Waals surface area contributed by atoms with Crippen molar-refractivity contribution in [2.24, 2.45) is 5.73 Å². The summed E-state index contributed by atoms with van der Waals surface area (Å²) >= 11 is 1.55. The van der Waals surface area contributed by atoms with E-state index in [-0.39, 0.29) is 5.82 Å². The Morgan fingerprint density at radius 1 is 1.45 bits per heavy atom. The molecule has 0 bridgehead atoms. The highest BCUT2D eigenvalue weighted by Crippen LogP contribution is 2.27. The second-order valence-corrected chi connectivity index (χ2v) is 5.55. The van der Waals surface area contributed by atoms with Gasteiger partial charge in [0.1, 0.15) is 5.82 Å². The van der Waals surface area contributed by atoms with Crippen LogP contribution in [0.2, 0.25) is 0 Å². The van der Waals surface area contributed by atoms with Gasteiger partial charge in [0.05, 0.1) is 12.3 Å². The minimum absolute atomic E-state index is 0.224. The smallest absolute Gasteiger partial charge is 0.185 e. The summed E-state index contributed by atoms with van der Waals surface area (Å²) in [6.07, 6.45) is 0. The third kappa shape index (κ3) is 3.53. The van der Waals surface area contributed by atoms with Crippen LogP contribution in [0.1, 0.15) is 16.1 Å². The van der Waals surface area contributed by atoms with Crippen LogP contribution in [0, 0.1) is 5.82 Å². The number of anilines is 1. The molecule has 6 heteroatoms. The lowest BCUT2D eigenvalue weighted by Gasteiger charge is -2.15. The normalized spacial score (nSPS) is 10.8. The largest absolute Gasteiger partial charge is 0.378 e. The molecular weight excluding hydrogens is 277 g/mol. The molecule has 4 nitrogen and oxygen atoms in total. The van der Waals surface area contributed by atoms with Gasteiger partial charge >= 0.3 is 0 Å². The SMILES string of the molecule is COCc1nc(N(C)Cc2cccc(F)c2)sc1CN. The van der Waals surface area contributed by atoms with Crippen molar-refractivity contribution in [3.05, 3.63) is 46.2 Å². The Morgan fingerprint density at radius 2 is 2.25 bits per heavy atom. The molecule has 0 spiro atoms. The van der Waals surface area contributed by atoms with Crippen molar-refractivity contribution in [3.63, 3.8) is 0 Å². The van der Waals surface area contributed by atoms with Crippen LogP contribution < -0.4 is 10.6 Å². The molecule has 0 saturated heterocycles. The predicted molar refractivity (Wildman–Crippen MR) is 79.2 cm³/mol. The predicted octanol–water partition coefficient (Wildman–Crippen LogP) is 2.52. The van der Waals surface area contributed by atoms with Crippen molar-refractivity contribution < 1.29 is 9.13 Å². The zero-order valence-electron chi connectivity index (χ0n) is 11.6. The Bertz CT molecular complexity index is 573. The van der Waals surface area contributed by atoms with E-state index >= 15 is 0 Å². The average Bonchev–Trinajstić information content (AvgIpc) is 2.82. The monoisotopic (exact) mass is 295 g/mol. The van der Waals surface area contributed by atoms with E-state index in [0.717, 1.165) is 21.3 Å². The standard InChI is InChI=1S/C14H18FN3OS/c1-18(8-10-4-3-5-11(15)6-10)14-17-12(9-19-2)13(7-16)20-14/h3-6H,7-9,16H2,1-2H3. The summed E-state index contributed by atoms with van der Waals surface area (Å²) in [5.41, 5.74) is 7.50. The molecule has 1 aromatic carbocycles. The number of nitrogens with two attached hydrogens (primary N) is 1. The fraction of sp³-hybridized carbons (Fsp3) is 0.357. The van der Waals surface area contributed by atoms with Crippen LogP contribution in [0.5, 0.6) is 0 Å². The van der Waals surface area contributed by atoms with E-state index in [1.165, 1.54) is 12.1 Å². The van der Waals surface area contributed by atoms with Crippen LogP contribution in [0.4, 0.5) is 9.52 Å². The number of methoxy groups -OCH3 is 1. The summed E-state index contributed by atoms with van der Waals surface area (Å²) < 4.78 is 18.3. The first-order chi connectivity index (χ1) is 9.63. The molecule has 0 aliphatic carbocycles. The number of rotatable bonds is 6. The van der Waals surface area contributed by atoms with Crippen LogP contribution in [-0.2, 0) is 24.4 Å². The van der Waals surface area contributed by atoms with E-state index in [2.05, 4.69) is 4.98 Å². The van der Waals surface area contributed by atoms with Crippen LogP contribution >= 0.6 is 11.3 Å². The van der Waals surface area contributed by atoms with Crippen molar-refractivity contribution in [2.75, 3.05) is 19.1 Å². The summed E-state index contributed by atoms with van der Waals surface area (Å²) in [5.74, 6) is -0.224. The highest BCUT2D eigenvalue weighted by atomic mass is 32.1. The fourth-order valence-electron chi connectivity index (χ4n) is 1.92. The highest BCUT2D eigenvalue weighted by molar-refractivity contribution is 7.15. The summed E-state index contributed by atoms with van der Waals surface area (Å²) in [6, 6.07) is 6.58. The molecule has 0 radical (unpaired) electrons. The topological polar surface area (TPSA) is 51.4 Å². The molecule has 0 amide bonds. The average molecular weight is 295 g/mol. The minimum atomic E-state index is -0.224. The Kier molecular flexibility index (Phi) is 5.05. The van der Waals surface area contributed by atoms with Crippen molar-refractivity contribution in [1.29, 1.82) is 0 Å². The maximum atomic E-state index is 13.2. The number of aromatic nitrogens is 1. The van der Waals surface area contributed by atoms with Crippen LogP contribution in [0.25, 0.3) is 0 Å². The number of nitrogens with zero attached hydrogens (tertiary/aromatic N) is 2. The summed E-state index contributed by atoms with van der Waals surface area (Å²) in [7, 11) is 3.57. The lowest BCUT2D eigenvalue weighted by Crippen LogP contribution is -2.16. The van der Waals surface area contributed by atoms with Crippen LogP contribution in [0.15, 0.2) is 24.3 Å². The Labute approximate surface area is 122 Å². The van der Waals surface area contributed by atoms with Gasteiger partial charge in [-0.25, -0.2) is 9.37 Å². The number of halogens is 1. The van der Waals surface area contributed by atoms with Gasteiger partial charge in [0.2, 0.25) is 0 Å². The quantitative estimate of drug-likeness (QED) is 0.889. The summed E-state index contributed by atoms with van der Waals surface area (Å²) in [6.45, 7) is 1.50. The first-order valence-corrected chi connectivity index (χ1v) is 7.09. The third-order valence-electron chi connectivity index (χ3n) is 2.87.